The zero-order valence-electron chi connectivity index (χ0n) is 16.4. The van der Waals surface area contributed by atoms with Crippen molar-refractivity contribution < 1.29 is 9.53 Å². The van der Waals surface area contributed by atoms with Gasteiger partial charge in [-0.25, -0.2) is 4.98 Å². The minimum atomic E-state index is -0.410. The first-order chi connectivity index (χ1) is 14.5. The van der Waals surface area contributed by atoms with Crippen LogP contribution in [0.25, 0.3) is 11.0 Å². The Labute approximate surface area is 177 Å². The maximum Gasteiger partial charge on any atom is 0.202 e. The number of pyridine rings is 3. The first kappa shape index (κ1) is 19.8. The summed E-state index contributed by atoms with van der Waals surface area (Å²) in [4.78, 5) is 35.2. The number of ether oxygens (including phenoxy) is 1. The minimum Gasteiger partial charge on any atom is -0.495 e. The Morgan fingerprint density at radius 3 is 2.77 bits per heavy atom. The van der Waals surface area contributed by atoms with Crippen LogP contribution >= 0.6 is 11.6 Å². The van der Waals surface area contributed by atoms with Gasteiger partial charge in [0.25, 0.3) is 0 Å². The van der Waals surface area contributed by atoms with E-state index in [1.165, 1.54) is 13.2 Å². The molecular weight excluding hydrogens is 402 g/mol. The number of nitrogens with zero attached hydrogens (tertiary/aromatic N) is 3. The molecule has 7 heteroatoms. The Bertz CT molecular complexity index is 1330. The number of ketones is 1. The van der Waals surface area contributed by atoms with E-state index in [-0.39, 0.29) is 11.0 Å². The minimum absolute atomic E-state index is 0.0486. The predicted molar refractivity (Wildman–Crippen MR) is 116 cm³/mol. The third-order valence-electron chi connectivity index (χ3n) is 4.77. The Balaban J connectivity index is 1.87. The number of carbonyl (C=O) groups is 1. The second-order valence-corrected chi connectivity index (χ2v) is 7.23. The van der Waals surface area contributed by atoms with Gasteiger partial charge in [0.2, 0.25) is 5.43 Å². The summed E-state index contributed by atoms with van der Waals surface area (Å²) < 4.78 is 6.98. The molecule has 0 fully saturated rings. The molecule has 4 rings (SSSR count). The van der Waals surface area contributed by atoms with Crippen LogP contribution in [-0.2, 0) is 6.54 Å². The number of benzene rings is 1. The first-order valence-electron chi connectivity index (χ1n) is 9.27. The van der Waals surface area contributed by atoms with E-state index < -0.39 is 5.78 Å². The lowest BCUT2D eigenvalue weighted by molar-refractivity contribution is 0.103. The van der Waals surface area contributed by atoms with Crippen LogP contribution in [0.2, 0.25) is 5.02 Å². The van der Waals surface area contributed by atoms with Gasteiger partial charge in [-0.2, -0.15) is 0 Å². The second-order valence-electron chi connectivity index (χ2n) is 6.82. The molecule has 6 nitrogen and oxygen atoms in total. The Kier molecular flexibility index (Phi) is 5.33. The van der Waals surface area contributed by atoms with Gasteiger partial charge in [0.1, 0.15) is 11.4 Å². The number of methoxy groups -OCH3 is 1. The van der Waals surface area contributed by atoms with Gasteiger partial charge in [-0.1, -0.05) is 17.7 Å². The van der Waals surface area contributed by atoms with Crippen LogP contribution < -0.4 is 10.2 Å². The molecule has 150 valence electrons. The molecule has 30 heavy (non-hydrogen) atoms. The van der Waals surface area contributed by atoms with Gasteiger partial charge in [0.15, 0.2) is 5.78 Å². The number of aryl methyl sites for hydroxylation is 1. The van der Waals surface area contributed by atoms with Crippen molar-refractivity contribution in [3.05, 3.63) is 98.7 Å². The smallest absolute Gasteiger partial charge is 0.202 e. The summed E-state index contributed by atoms with van der Waals surface area (Å²) in [5, 5.41) is 0.761. The number of carbonyl (C=O) groups excluding carboxylic acids is 1. The highest BCUT2D eigenvalue weighted by Gasteiger charge is 2.19. The van der Waals surface area contributed by atoms with Gasteiger partial charge in [-0.05, 0) is 49.4 Å². The quantitative estimate of drug-likeness (QED) is 0.456. The zero-order chi connectivity index (χ0) is 21.3. The summed E-state index contributed by atoms with van der Waals surface area (Å²) in [6.45, 7) is 2.29. The van der Waals surface area contributed by atoms with E-state index in [0.29, 0.717) is 33.9 Å². The lowest BCUT2D eigenvalue weighted by Gasteiger charge is -2.13. The Hall–Kier alpha value is -3.51. The molecule has 0 N–H and O–H groups in total. The normalized spacial score (nSPS) is 10.9. The van der Waals surface area contributed by atoms with Crippen molar-refractivity contribution in [2.75, 3.05) is 7.11 Å². The summed E-state index contributed by atoms with van der Waals surface area (Å²) in [6, 6.07) is 13.8. The summed E-state index contributed by atoms with van der Waals surface area (Å²) in [5.41, 5.74) is 2.18. The van der Waals surface area contributed by atoms with E-state index in [9.17, 15) is 9.59 Å². The summed E-state index contributed by atoms with van der Waals surface area (Å²) in [6.07, 6.45) is 3.17. The fraction of sp³-hybridized carbons (Fsp3) is 0.130. The molecule has 0 saturated heterocycles. The SMILES string of the molecule is COc1cc(C(=O)c2cn(Cc3cccc(C)n3)c3ncccc3c2=O)ccc1Cl. The molecule has 3 heterocycles. The van der Waals surface area contributed by atoms with Crippen molar-refractivity contribution in [3.8, 4) is 5.75 Å². The number of aromatic nitrogens is 3. The molecule has 0 aliphatic carbocycles. The zero-order valence-corrected chi connectivity index (χ0v) is 17.2. The van der Waals surface area contributed by atoms with Crippen molar-refractivity contribution >= 4 is 28.4 Å². The molecule has 0 unspecified atom stereocenters. The Morgan fingerprint density at radius 1 is 1.17 bits per heavy atom. The standard InChI is InChI=1S/C23H18ClN3O3/c1-14-5-3-6-16(26-14)12-27-13-18(22(29)17-7-4-10-25-23(17)27)21(28)15-8-9-19(24)20(11-15)30-2/h3-11,13H,12H2,1-2H3. The third kappa shape index (κ3) is 3.69. The summed E-state index contributed by atoms with van der Waals surface area (Å²) in [7, 11) is 1.47. The van der Waals surface area contributed by atoms with E-state index in [1.807, 2.05) is 25.1 Å². The van der Waals surface area contributed by atoms with E-state index in [2.05, 4.69) is 9.97 Å². The molecule has 0 spiro atoms. The lowest BCUT2D eigenvalue weighted by atomic mass is 10.0. The maximum atomic E-state index is 13.2. The van der Waals surface area contributed by atoms with Crippen LogP contribution in [-0.4, -0.2) is 27.4 Å². The van der Waals surface area contributed by atoms with Crippen molar-refractivity contribution in [1.29, 1.82) is 0 Å². The Morgan fingerprint density at radius 2 is 2.00 bits per heavy atom. The average molecular weight is 420 g/mol. The number of rotatable bonds is 5. The van der Waals surface area contributed by atoms with Crippen molar-refractivity contribution in [2.45, 2.75) is 13.5 Å². The van der Waals surface area contributed by atoms with Crippen LogP contribution in [0, 0.1) is 6.92 Å². The second kappa shape index (κ2) is 8.08. The molecule has 0 saturated carbocycles. The van der Waals surface area contributed by atoms with Crippen molar-refractivity contribution in [1.82, 2.24) is 14.5 Å². The molecule has 0 bridgehead atoms. The fourth-order valence-electron chi connectivity index (χ4n) is 3.32. The lowest BCUT2D eigenvalue weighted by Crippen LogP contribution is -2.21. The van der Waals surface area contributed by atoms with E-state index in [4.69, 9.17) is 16.3 Å². The van der Waals surface area contributed by atoms with Gasteiger partial charge >= 0.3 is 0 Å². The molecule has 0 radical (unpaired) electrons. The number of halogens is 1. The van der Waals surface area contributed by atoms with Gasteiger partial charge in [0, 0.05) is 23.7 Å². The van der Waals surface area contributed by atoms with Crippen LogP contribution in [0.1, 0.15) is 27.3 Å². The monoisotopic (exact) mass is 419 g/mol. The molecule has 4 aromatic rings. The highest BCUT2D eigenvalue weighted by Crippen LogP contribution is 2.26. The highest BCUT2D eigenvalue weighted by atomic mass is 35.5. The topological polar surface area (TPSA) is 74.1 Å². The van der Waals surface area contributed by atoms with E-state index in [0.717, 1.165) is 11.4 Å². The molecular formula is C23H18ClN3O3. The van der Waals surface area contributed by atoms with Crippen molar-refractivity contribution in [2.24, 2.45) is 0 Å². The van der Waals surface area contributed by atoms with Crippen LogP contribution in [0.5, 0.6) is 5.75 Å². The molecule has 0 aliphatic heterocycles. The molecule has 1 aromatic carbocycles. The fourth-order valence-corrected chi connectivity index (χ4v) is 3.52. The number of hydrogen-bond acceptors (Lipinski definition) is 5. The largest absolute Gasteiger partial charge is 0.495 e. The van der Waals surface area contributed by atoms with Gasteiger partial charge in [-0.15, -0.1) is 0 Å². The maximum absolute atomic E-state index is 13.2. The molecule has 0 aliphatic rings. The first-order valence-corrected chi connectivity index (χ1v) is 9.64. The van der Waals surface area contributed by atoms with E-state index >= 15 is 0 Å². The molecule has 0 amide bonds. The van der Waals surface area contributed by atoms with Crippen LogP contribution in [0.3, 0.4) is 0 Å². The number of fused-ring (bicyclic) bond motifs is 1. The number of hydrogen-bond donors (Lipinski definition) is 0. The predicted octanol–water partition coefficient (Wildman–Crippen LogP) is 4.04. The van der Waals surface area contributed by atoms with Crippen LogP contribution in [0.4, 0.5) is 0 Å². The van der Waals surface area contributed by atoms with Gasteiger partial charge < -0.3 is 9.30 Å². The summed E-state index contributed by atoms with van der Waals surface area (Å²) in [5.74, 6) is -0.0408. The average Bonchev–Trinajstić information content (AvgIpc) is 2.76. The van der Waals surface area contributed by atoms with Crippen LogP contribution in [0.15, 0.2) is 65.7 Å². The summed E-state index contributed by atoms with van der Waals surface area (Å²) >= 11 is 6.07. The van der Waals surface area contributed by atoms with Gasteiger partial charge in [-0.3, -0.25) is 14.6 Å². The highest BCUT2D eigenvalue weighted by molar-refractivity contribution is 6.32. The third-order valence-corrected chi connectivity index (χ3v) is 5.08. The van der Waals surface area contributed by atoms with E-state index in [1.54, 1.807) is 41.2 Å². The van der Waals surface area contributed by atoms with Crippen molar-refractivity contribution in [3.63, 3.8) is 0 Å². The molecule has 3 aromatic heterocycles. The van der Waals surface area contributed by atoms with Gasteiger partial charge in [0.05, 0.1) is 35.3 Å². The molecule has 0 atom stereocenters.